The second-order valence-corrected chi connectivity index (χ2v) is 6.34. The smallest absolute Gasteiger partial charge is 0.124 e. The van der Waals surface area contributed by atoms with E-state index in [2.05, 4.69) is 34.1 Å². The van der Waals surface area contributed by atoms with Crippen LogP contribution in [-0.4, -0.2) is 27.7 Å². The first-order valence-corrected chi connectivity index (χ1v) is 8.04. The number of halogens is 1. The SMILES string of the molecule is COc1ccc(Cl)c2c1CN(c1cccc(N(C)C)c1)C2CN. The first kappa shape index (κ1) is 16.0. The summed E-state index contributed by atoms with van der Waals surface area (Å²) in [5.41, 5.74) is 10.6. The van der Waals surface area contributed by atoms with E-state index in [-0.39, 0.29) is 6.04 Å². The molecular formula is C18H22ClN3O. The standard InChI is InChI=1S/C18H22ClN3O/c1-21(2)12-5-4-6-13(9-12)22-11-14-17(23-3)8-7-15(19)18(14)16(22)10-20/h4-9,16H,10-11,20H2,1-3H3. The summed E-state index contributed by atoms with van der Waals surface area (Å²) in [4.78, 5) is 4.39. The van der Waals surface area contributed by atoms with Gasteiger partial charge in [0.25, 0.3) is 0 Å². The van der Waals surface area contributed by atoms with Gasteiger partial charge in [-0.1, -0.05) is 17.7 Å². The molecule has 5 heteroatoms. The Morgan fingerprint density at radius 1 is 1.30 bits per heavy atom. The fourth-order valence-corrected chi connectivity index (χ4v) is 3.54. The molecule has 0 radical (unpaired) electrons. The molecule has 2 aromatic rings. The van der Waals surface area contributed by atoms with Gasteiger partial charge >= 0.3 is 0 Å². The molecule has 1 atom stereocenters. The van der Waals surface area contributed by atoms with Crippen LogP contribution in [0, 0.1) is 0 Å². The van der Waals surface area contributed by atoms with E-state index in [1.54, 1.807) is 7.11 Å². The second-order valence-electron chi connectivity index (χ2n) is 5.94. The largest absolute Gasteiger partial charge is 0.496 e. The van der Waals surface area contributed by atoms with Crippen molar-refractivity contribution >= 4 is 23.0 Å². The van der Waals surface area contributed by atoms with E-state index in [9.17, 15) is 0 Å². The van der Waals surface area contributed by atoms with Gasteiger partial charge in [0.15, 0.2) is 0 Å². The maximum Gasteiger partial charge on any atom is 0.124 e. The number of nitrogens with zero attached hydrogens (tertiary/aromatic N) is 2. The van der Waals surface area contributed by atoms with Gasteiger partial charge in [-0.3, -0.25) is 0 Å². The van der Waals surface area contributed by atoms with Crippen molar-refractivity contribution in [2.24, 2.45) is 5.73 Å². The lowest BCUT2D eigenvalue weighted by molar-refractivity contribution is 0.410. The highest BCUT2D eigenvalue weighted by molar-refractivity contribution is 6.31. The molecule has 3 rings (SSSR count). The maximum absolute atomic E-state index is 6.46. The van der Waals surface area contributed by atoms with Crippen LogP contribution in [0.15, 0.2) is 36.4 Å². The maximum atomic E-state index is 6.46. The van der Waals surface area contributed by atoms with E-state index in [4.69, 9.17) is 22.1 Å². The number of nitrogens with two attached hydrogens (primary N) is 1. The minimum Gasteiger partial charge on any atom is -0.496 e. The van der Waals surface area contributed by atoms with Gasteiger partial charge in [0.05, 0.1) is 13.2 Å². The average molecular weight is 332 g/mol. The Morgan fingerprint density at radius 2 is 2.09 bits per heavy atom. The molecule has 1 unspecified atom stereocenters. The molecule has 23 heavy (non-hydrogen) atoms. The lowest BCUT2D eigenvalue weighted by Gasteiger charge is -2.27. The minimum absolute atomic E-state index is 0.0602. The third-order valence-electron chi connectivity index (χ3n) is 4.42. The Balaban J connectivity index is 2.06. The summed E-state index contributed by atoms with van der Waals surface area (Å²) >= 11 is 6.46. The summed E-state index contributed by atoms with van der Waals surface area (Å²) in [6.07, 6.45) is 0. The fraction of sp³-hybridized carbons (Fsp3) is 0.333. The van der Waals surface area contributed by atoms with E-state index in [0.717, 1.165) is 39.8 Å². The van der Waals surface area contributed by atoms with Crippen molar-refractivity contribution in [2.45, 2.75) is 12.6 Å². The second kappa shape index (κ2) is 6.30. The molecule has 2 aromatic carbocycles. The normalized spacial score (nSPS) is 16.4. The van der Waals surface area contributed by atoms with Crippen LogP contribution < -0.4 is 20.3 Å². The molecule has 2 N–H and O–H groups in total. The van der Waals surface area contributed by atoms with Gasteiger partial charge in [-0.25, -0.2) is 0 Å². The molecule has 0 fully saturated rings. The van der Waals surface area contributed by atoms with Crippen LogP contribution in [0.3, 0.4) is 0 Å². The zero-order valence-electron chi connectivity index (χ0n) is 13.7. The number of anilines is 2. The Labute approximate surface area is 142 Å². The summed E-state index contributed by atoms with van der Waals surface area (Å²) in [5, 5.41) is 0.752. The lowest BCUT2D eigenvalue weighted by atomic mass is 10.0. The van der Waals surface area contributed by atoms with Crippen LogP contribution in [0.1, 0.15) is 17.2 Å². The topological polar surface area (TPSA) is 41.7 Å². The predicted molar refractivity (Wildman–Crippen MR) is 96.8 cm³/mol. The lowest BCUT2D eigenvalue weighted by Crippen LogP contribution is -2.28. The van der Waals surface area contributed by atoms with E-state index in [0.29, 0.717) is 6.54 Å². The Morgan fingerprint density at radius 3 is 2.74 bits per heavy atom. The van der Waals surface area contributed by atoms with Gasteiger partial charge < -0.3 is 20.3 Å². The third-order valence-corrected chi connectivity index (χ3v) is 4.75. The predicted octanol–water partition coefficient (Wildman–Crippen LogP) is 3.43. The first-order chi connectivity index (χ1) is 11.1. The van der Waals surface area contributed by atoms with E-state index in [1.165, 1.54) is 0 Å². The van der Waals surface area contributed by atoms with Crippen molar-refractivity contribution in [2.75, 3.05) is 37.5 Å². The third kappa shape index (κ3) is 2.73. The van der Waals surface area contributed by atoms with Crippen LogP contribution in [0.2, 0.25) is 5.02 Å². The first-order valence-electron chi connectivity index (χ1n) is 7.66. The van der Waals surface area contributed by atoms with Crippen LogP contribution in [0.25, 0.3) is 0 Å². The molecule has 0 spiro atoms. The van der Waals surface area contributed by atoms with Gasteiger partial charge in [-0.05, 0) is 30.3 Å². The van der Waals surface area contributed by atoms with Crippen LogP contribution in [0.4, 0.5) is 11.4 Å². The molecular weight excluding hydrogens is 310 g/mol. The molecule has 1 aliphatic rings. The highest BCUT2D eigenvalue weighted by Gasteiger charge is 2.33. The van der Waals surface area contributed by atoms with E-state index in [1.807, 2.05) is 26.2 Å². The van der Waals surface area contributed by atoms with Crippen LogP contribution in [-0.2, 0) is 6.54 Å². The monoisotopic (exact) mass is 331 g/mol. The molecule has 0 saturated heterocycles. The molecule has 0 saturated carbocycles. The van der Waals surface area contributed by atoms with Crippen molar-refractivity contribution in [3.8, 4) is 5.75 Å². The van der Waals surface area contributed by atoms with Crippen molar-refractivity contribution in [3.05, 3.63) is 52.5 Å². The molecule has 122 valence electrons. The van der Waals surface area contributed by atoms with E-state index >= 15 is 0 Å². The van der Waals surface area contributed by atoms with Crippen molar-refractivity contribution in [3.63, 3.8) is 0 Å². The summed E-state index contributed by atoms with van der Waals surface area (Å²) in [6.45, 7) is 1.25. The number of ether oxygens (including phenoxy) is 1. The minimum atomic E-state index is 0.0602. The number of fused-ring (bicyclic) bond motifs is 1. The summed E-state index contributed by atoms with van der Waals surface area (Å²) in [7, 11) is 5.77. The van der Waals surface area contributed by atoms with E-state index < -0.39 is 0 Å². The van der Waals surface area contributed by atoms with Gasteiger partial charge in [0, 0.05) is 54.7 Å². The molecule has 0 amide bonds. The molecule has 1 aliphatic heterocycles. The quantitative estimate of drug-likeness (QED) is 0.932. The molecule has 4 nitrogen and oxygen atoms in total. The number of benzene rings is 2. The highest BCUT2D eigenvalue weighted by atomic mass is 35.5. The zero-order chi connectivity index (χ0) is 16.6. The van der Waals surface area contributed by atoms with Crippen LogP contribution in [0.5, 0.6) is 5.75 Å². The number of hydrogen-bond donors (Lipinski definition) is 1. The number of hydrogen-bond acceptors (Lipinski definition) is 4. The number of methoxy groups -OCH3 is 1. The molecule has 0 bridgehead atoms. The van der Waals surface area contributed by atoms with Crippen molar-refractivity contribution in [1.82, 2.24) is 0 Å². The van der Waals surface area contributed by atoms with Gasteiger partial charge in [-0.2, -0.15) is 0 Å². The van der Waals surface area contributed by atoms with Gasteiger partial charge in [-0.15, -0.1) is 0 Å². The van der Waals surface area contributed by atoms with Gasteiger partial charge in [0.2, 0.25) is 0 Å². The Hall–Kier alpha value is -1.91. The fourth-order valence-electron chi connectivity index (χ4n) is 3.23. The van der Waals surface area contributed by atoms with Crippen molar-refractivity contribution < 1.29 is 4.74 Å². The van der Waals surface area contributed by atoms with Crippen molar-refractivity contribution in [1.29, 1.82) is 0 Å². The molecule has 0 aromatic heterocycles. The Kier molecular flexibility index (Phi) is 4.37. The number of rotatable bonds is 4. The Bertz CT molecular complexity index is 717. The van der Waals surface area contributed by atoms with Crippen LogP contribution >= 0.6 is 11.6 Å². The zero-order valence-corrected chi connectivity index (χ0v) is 14.5. The van der Waals surface area contributed by atoms with Gasteiger partial charge in [0.1, 0.15) is 5.75 Å². The summed E-state index contributed by atoms with van der Waals surface area (Å²) in [5.74, 6) is 0.870. The summed E-state index contributed by atoms with van der Waals surface area (Å²) < 4.78 is 5.52. The molecule has 1 heterocycles. The average Bonchev–Trinajstić information content (AvgIpc) is 2.96. The molecule has 0 aliphatic carbocycles. The summed E-state index contributed by atoms with van der Waals surface area (Å²) in [6, 6.07) is 12.3. The highest BCUT2D eigenvalue weighted by Crippen LogP contribution is 2.44.